The average Bonchev–Trinajstić information content (AvgIpc) is 2.79. The summed E-state index contributed by atoms with van der Waals surface area (Å²) in [4.78, 5) is 13.5. The van der Waals surface area contributed by atoms with Crippen LogP contribution in [0.5, 0.6) is 0 Å². The monoisotopic (exact) mass is 268 g/mol. The van der Waals surface area contributed by atoms with Crippen LogP contribution in [0, 0.1) is 17.5 Å². The molecule has 100 valence electrons. The van der Waals surface area contributed by atoms with Crippen LogP contribution in [0.15, 0.2) is 24.9 Å². The van der Waals surface area contributed by atoms with Gasteiger partial charge in [0.25, 0.3) is 0 Å². The molecule has 0 aliphatic rings. The van der Waals surface area contributed by atoms with E-state index >= 15 is 0 Å². The fraction of sp³-hybridized carbons (Fsp3) is 0.154. The maximum atomic E-state index is 13.4. The fourth-order valence-corrected chi connectivity index (χ4v) is 1.83. The van der Waals surface area contributed by atoms with Crippen LogP contribution in [0.3, 0.4) is 0 Å². The van der Waals surface area contributed by atoms with Crippen molar-refractivity contribution in [1.82, 2.24) is 10.3 Å². The number of aromatic nitrogens is 1. The Morgan fingerprint density at radius 2 is 2.11 bits per heavy atom. The predicted octanol–water partition coefficient (Wildman–Crippen LogP) is 2.43. The number of benzene rings is 1. The first-order valence-corrected chi connectivity index (χ1v) is 5.58. The minimum atomic E-state index is -1.50. The molecule has 0 unspecified atom stereocenters. The van der Waals surface area contributed by atoms with Gasteiger partial charge >= 0.3 is 0 Å². The summed E-state index contributed by atoms with van der Waals surface area (Å²) in [6.07, 6.45) is 2.96. The minimum absolute atomic E-state index is 0.0797. The Balaban J connectivity index is 2.25. The van der Waals surface area contributed by atoms with E-state index in [4.69, 9.17) is 0 Å². The predicted molar refractivity (Wildman–Crippen MR) is 65.1 cm³/mol. The highest BCUT2D eigenvalue weighted by atomic mass is 19.2. The fourth-order valence-electron chi connectivity index (χ4n) is 1.83. The van der Waals surface area contributed by atoms with Crippen LogP contribution in [0.25, 0.3) is 10.9 Å². The Labute approximate surface area is 107 Å². The van der Waals surface area contributed by atoms with E-state index in [1.807, 2.05) is 0 Å². The summed E-state index contributed by atoms with van der Waals surface area (Å²) in [6, 6.07) is 0.939. The molecule has 1 amide bonds. The van der Waals surface area contributed by atoms with E-state index in [1.54, 1.807) is 0 Å². The summed E-state index contributed by atoms with van der Waals surface area (Å²) in [5, 5.41) is 2.81. The summed E-state index contributed by atoms with van der Waals surface area (Å²) in [7, 11) is 0. The molecule has 0 aliphatic carbocycles. The van der Waals surface area contributed by atoms with E-state index in [0.717, 1.165) is 12.1 Å². The molecule has 2 rings (SSSR count). The van der Waals surface area contributed by atoms with Gasteiger partial charge in [0, 0.05) is 18.1 Å². The van der Waals surface area contributed by atoms with Gasteiger partial charge in [-0.25, -0.2) is 13.2 Å². The number of hydrogen-bond donors (Lipinski definition) is 2. The smallest absolute Gasteiger partial charge is 0.243 e. The van der Waals surface area contributed by atoms with Crippen molar-refractivity contribution in [2.45, 2.75) is 6.42 Å². The van der Waals surface area contributed by atoms with Crippen molar-refractivity contribution in [3.05, 3.63) is 47.9 Å². The largest absolute Gasteiger partial charge is 0.358 e. The number of amides is 1. The van der Waals surface area contributed by atoms with Crippen molar-refractivity contribution in [1.29, 1.82) is 0 Å². The Hall–Kier alpha value is -2.24. The van der Waals surface area contributed by atoms with Gasteiger partial charge in [0.05, 0.1) is 5.52 Å². The second kappa shape index (κ2) is 5.17. The molecule has 1 aromatic carbocycles. The van der Waals surface area contributed by atoms with Crippen LogP contribution in [-0.4, -0.2) is 17.4 Å². The van der Waals surface area contributed by atoms with E-state index in [2.05, 4.69) is 16.9 Å². The molecule has 2 N–H and O–H groups in total. The Morgan fingerprint density at radius 3 is 2.79 bits per heavy atom. The summed E-state index contributed by atoms with van der Waals surface area (Å²) >= 11 is 0. The first-order chi connectivity index (χ1) is 9.04. The molecule has 0 saturated heterocycles. The average molecular weight is 268 g/mol. The van der Waals surface area contributed by atoms with Gasteiger partial charge in [0.2, 0.25) is 5.91 Å². The second-order valence-electron chi connectivity index (χ2n) is 3.97. The van der Waals surface area contributed by atoms with Gasteiger partial charge in [-0.05, 0) is 24.1 Å². The third kappa shape index (κ3) is 2.47. The van der Waals surface area contributed by atoms with E-state index in [1.165, 1.54) is 6.20 Å². The SMILES string of the molecule is C=CC(=O)NCCc1c[nH]c2c(F)c(F)c(F)cc12. The number of nitrogens with one attached hydrogen (secondary N) is 2. The number of rotatable bonds is 4. The highest BCUT2D eigenvalue weighted by molar-refractivity contribution is 5.87. The highest BCUT2D eigenvalue weighted by Crippen LogP contribution is 2.25. The Bertz CT molecular complexity index is 649. The van der Waals surface area contributed by atoms with Crippen molar-refractivity contribution in [3.8, 4) is 0 Å². The summed E-state index contributed by atoms with van der Waals surface area (Å²) < 4.78 is 39.6. The molecule has 0 fully saturated rings. The van der Waals surface area contributed by atoms with Crippen molar-refractivity contribution in [3.63, 3.8) is 0 Å². The lowest BCUT2D eigenvalue weighted by Gasteiger charge is -2.02. The zero-order chi connectivity index (χ0) is 14.0. The van der Waals surface area contributed by atoms with Crippen LogP contribution in [-0.2, 0) is 11.2 Å². The summed E-state index contributed by atoms with van der Waals surface area (Å²) in [5.41, 5.74) is 0.515. The highest BCUT2D eigenvalue weighted by Gasteiger charge is 2.16. The minimum Gasteiger partial charge on any atom is -0.358 e. The number of carbonyl (C=O) groups is 1. The maximum Gasteiger partial charge on any atom is 0.243 e. The molecule has 0 saturated carbocycles. The molecule has 0 radical (unpaired) electrons. The first kappa shape index (κ1) is 13.2. The van der Waals surface area contributed by atoms with E-state index in [9.17, 15) is 18.0 Å². The lowest BCUT2D eigenvalue weighted by Crippen LogP contribution is -2.23. The van der Waals surface area contributed by atoms with Gasteiger partial charge in [-0.3, -0.25) is 4.79 Å². The van der Waals surface area contributed by atoms with E-state index in [-0.39, 0.29) is 16.8 Å². The summed E-state index contributed by atoms with van der Waals surface area (Å²) in [5.74, 6) is -4.30. The van der Waals surface area contributed by atoms with Gasteiger partial charge < -0.3 is 10.3 Å². The number of fused-ring (bicyclic) bond motifs is 1. The van der Waals surface area contributed by atoms with Crippen molar-refractivity contribution < 1.29 is 18.0 Å². The lowest BCUT2D eigenvalue weighted by atomic mass is 10.1. The molecular formula is C13H11F3N2O. The molecule has 2 aromatic rings. The quantitative estimate of drug-likeness (QED) is 0.649. The Kier molecular flexibility index (Phi) is 3.59. The molecule has 1 heterocycles. The maximum absolute atomic E-state index is 13.4. The molecular weight excluding hydrogens is 257 g/mol. The molecule has 6 heteroatoms. The standard InChI is InChI=1S/C13H11F3N2O/c1-2-10(19)17-4-3-7-6-18-13-8(7)5-9(14)11(15)12(13)16/h2,5-6,18H,1,3-4H2,(H,17,19). The third-order valence-corrected chi connectivity index (χ3v) is 2.78. The van der Waals surface area contributed by atoms with Crippen LogP contribution in [0.4, 0.5) is 13.2 Å². The van der Waals surface area contributed by atoms with E-state index < -0.39 is 17.5 Å². The number of halogens is 3. The van der Waals surface area contributed by atoms with Gasteiger partial charge in [-0.1, -0.05) is 6.58 Å². The van der Waals surface area contributed by atoms with E-state index in [0.29, 0.717) is 18.5 Å². The van der Waals surface area contributed by atoms with Crippen molar-refractivity contribution >= 4 is 16.8 Å². The topological polar surface area (TPSA) is 44.9 Å². The van der Waals surface area contributed by atoms with Gasteiger partial charge in [-0.15, -0.1) is 0 Å². The number of carbonyl (C=O) groups excluding carboxylic acids is 1. The zero-order valence-corrected chi connectivity index (χ0v) is 9.90. The van der Waals surface area contributed by atoms with Crippen molar-refractivity contribution in [2.75, 3.05) is 6.54 Å². The van der Waals surface area contributed by atoms with Crippen LogP contribution >= 0.6 is 0 Å². The normalized spacial score (nSPS) is 10.7. The molecule has 1 aromatic heterocycles. The van der Waals surface area contributed by atoms with Gasteiger partial charge in [-0.2, -0.15) is 0 Å². The van der Waals surface area contributed by atoms with Crippen LogP contribution in [0.2, 0.25) is 0 Å². The Morgan fingerprint density at radius 1 is 1.37 bits per heavy atom. The zero-order valence-electron chi connectivity index (χ0n) is 9.90. The molecule has 0 spiro atoms. The number of aromatic amines is 1. The molecule has 0 aliphatic heterocycles. The second-order valence-corrected chi connectivity index (χ2v) is 3.97. The third-order valence-electron chi connectivity index (χ3n) is 2.78. The number of H-pyrrole nitrogens is 1. The van der Waals surface area contributed by atoms with Crippen LogP contribution in [0.1, 0.15) is 5.56 Å². The molecule has 3 nitrogen and oxygen atoms in total. The molecule has 0 bridgehead atoms. The van der Waals surface area contributed by atoms with Crippen LogP contribution < -0.4 is 5.32 Å². The molecule has 19 heavy (non-hydrogen) atoms. The number of hydrogen-bond acceptors (Lipinski definition) is 1. The molecule has 0 atom stereocenters. The van der Waals surface area contributed by atoms with Gasteiger partial charge in [0.1, 0.15) is 0 Å². The van der Waals surface area contributed by atoms with Gasteiger partial charge in [0.15, 0.2) is 17.5 Å². The summed E-state index contributed by atoms with van der Waals surface area (Å²) in [6.45, 7) is 3.59. The lowest BCUT2D eigenvalue weighted by molar-refractivity contribution is -0.116. The van der Waals surface area contributed by atoms with Crippen molar-refractivity contribution in [2.24, 2.45) is 0 Å². The first-order valence-electron chi connectivity index (χ1n) is 5.58.